The normalized spacial score (nSPS) is 22.3. The van der Waals surface area contributed by atoms with Crippen molar-refractivity contribution in [1.29, 1.82) is 0 Å². The van der Waals surface area contributed by atoms with Gasteiger partial charge in [0.15, 0.2) is 0 Å². The van der Waals surface area contributed by atoms with Crippen LogP contribution in [0.4, 0.5) is 5.69 Å². The Morgan fingerprint density at radius 1 is 1.00 bits per heavy atom. The van der Waals surface area contributed by atoms with Gasteiger partial charge in [0.05, 0.1) is 12.8 Å². The van der Waals surface area contributed by atoms with Crippen molar-refractivity contribution in [3.05, 3.63) is 60.2 Å². The molecule has 164 valence electrons. The van der Waals surface area contributed by atoms with Crippen molar-refractivity contribution in [3.8, 4) is 0 Å². The molecule has 0 radical (unpaired) electrons. The van der Waals surface area contributed by atoms with Gasteiger partial charge >= 0.3 is 5.97 Å². The highest BCUT2D eigenvalue weighted by atomic mass is 32.2. The lowest BCUT2D eigenvalue weighted by Gasteiger charge is -2.41. The number of fused-ring (bicyclic) bond motifs is 1. The Balaban J connectivity index is 1.65. The first-order chi connectivity index (χ1) is 15.0. The molecule has 0 aliphatic carbocycles. The molecule has 1 fully saturated rings. The molecule has 0 saturated carbocycles. The average molecular weight is 440 g/mol. The van der Waals surface area contributed by atoms with Gasteiger partial charge in [0, 0.05) is 50.6 Å². The third-order valence-electron chi connectivity index (χ3n) is 6.08. The van der Waals surface area contributed by atoms with Gasteiger partial charge in [-0.15, -0.1) is 0 Å². The van der Waals surface area contributed by atoms with Crippen molar-refractivity contribution in [2.24, 2.45) is 0 Å². The van der Waals surface area contributed by atoms with Crippen LogP contribution in [-0.2, 0) is 20.7 Å². The Labute approximate surface area is 188 Å². The van der Waals surface area contributed by atoms with E-state index in [0.717, 1.165) is 48.9 Å². The highest BCUT2D eigenvalue weighted by Crippen LogP contribution is 2.47. The molecular weight excluding hydrogens is 410 g/mol. The first-order valence-electron chi connectivity index (χ1n) is 10.7. The Morgan fingerprint density at radius 3 is 2.39 bits per heavy atom. The third-order valence-corrected chi connectivity index (χ3v) is 7.48. The number of piperazine rings is 1. The lowest BCUT2D eigenvalue weighted by Crippen LogP contribution is -2.58. The minimum absolute atomic E-state index is 0.193. The molecule has 0 aromatic heterocycles. The number of rotatable bonds is 6. The van der Waals surface area contributed by atoms with E-state index in [4.69, 9.17) is 4.74 Å². The van der Waals surface area contributed by atoms with Crippen LogP contribution in [0.25, 0.3) is 0 Å². The van der Waals surface area contributed by atoms with E-state index in [1.54, 1.807) is 4.90 Å². The largest absolute Gasteiger partial charge is 0.468 e. The smallest absolute Gasteiger partial charge is 0.332 e. The van der Waals surface area contributed by atoms with Crippen molar-refractivity contribution in [2.75, 3.05) is 58.3 Å². The van der Waals surface area contributed by atoms with Crippen LogP contribution < -0.4 is 4.90 Å². The molecule has 2 heterocycles. The van der Waals surface area contributed by atoms with Crippen molar-refractivity contribution in [1.82, 2.24) is 9.80 Å². The van der Waals surface area contributed by atoms with Crippen molar-refractivity contribution in [3.63, 3.8) is 0 Å². The van der Waals surface area contributed by atoms with E-state index >= 15 is 0 Å². The summed E-state index contributed by atoms with van der Waals surface area (Å²) in [5, 5.41) is 0. The molecule has 0 bridgehead atoms. The van der Waals surface area contributed by atoms with Gasteiger partial charge in [0.1, 0.15) is 0 Å². The van der Waals surface area contributed by atoms with Crippen LogP contribution in [0.5, 0.6) is 0 Å². The van der Waals surface area contributed by atoms with Crippen LogP contribution in [0.3, 0.4) is 0 Å². The van der Waals surface area contributed by atoms with Crippen LogP contribution >= 0.6 is 11.8 Å². The average Bonchev–Trinajstić information content (AvgIpc) is 2.80. The molecule has 0 spiro atoms. The highest BCUT2D eigenvalue weighted by Gasteiger charge is 2.54. The summed E-state index contributed by atoms with van der Waals surface area (Å²) in [6.07, 6.45) is 0.295. The molecule has 1 saturated heterocycles. The molecule has 1 atom stereocenters. The number of nitrogens with zero attached hydrogens (tertiary/aromatic N) is 3. The number of benzene rings is 2. The first-order valence-corrected chi connectivity index (χ1v) is 11.5. The molecule has 2 aromatic rings. The van der Waals surface area contributed by atoms with Crippen LogP contribution in [0.2, 0.25) is 0 Å². The lowest BCUT2D eigenvalue weighted by molar-refractivity contribution is -0.147. The zero-order chi connectivity index (χ0) is 21.8. The predicted octanol–water partition coefficient (Wildman–Crippen LogP) is 2.53. The van der Waals surface area contributed by atoms with Gasteiger partial charge in [0.2, 0.25) is 4.75 Å². The van der Waals surface area contributed by atoms with E-state index < -0.39 is 10.7 Å². The van der Waals surface area contributed by atoms with Crippen LogP contribution in [0.15, 0.2) is 59.5 Å². The monoisotopic (exact) mass is 439 g/mol. The zero-order valence-corrected chi connectivity index (χ0v) is 18.9. The lowest BCUT2D eigenvalue weighted by atomic mass is 9.96. The first kappa shape index (κ1) is 21.9. The van der Waals surface area contributed by atoms with Gasteiger partial charge in [-0.1, -0.05) is 54.2 Å². The summed E-state index contributed by atoms with van der Waals surface area (Å²) in [4.78, 5) is 34.4. The maximum Gasteiger partial charge on any atom is 0.332 e. The van der Waals surface area contributed by atoms with E-state index in [9.17, 15) is 9.59 Å². The van der Waals surface area contributed by atoms with E-state index in [0.29, 0.717) is 13.0 Å². The molecule has 2 aliphatic rings. The van der Waals surface area contributed by atoms with Crippen molar-refractivity contribution < 1.29 is 14.3 Å². The maximum atomic E-state index is 13.9. The Hall–Kier alpha value is -2.35. The Morgan fingerprint density at radius 2 is 1.68 bits per heavy atom. The number of likely N-dealkylation sites (N-methyl/N-ethyl adjacent to an activating group) is 1. The summed E-state index contributed by atoms with van der Waals surface area (Å²) in [6.45, 7) is 5.36. The van der Waals surface area contributed by atoms with Gasteiger partial charge in [-0.25, -0.2) is 4.79 Å². The second kappa shape index (κ2) is 9.42. The van der Waals surface area contributed by atoms with E-state index in [1.807, 2.05) is 54.6 Å². The number of methoxy groups -OCH3 is 1. The van der Waals surface area contributed by atoms with Gasteiger partial charge in [0.25, 0.3) is 5.91 Å². The van der Waals surface area contributed by atoms with Crippen LogP contribution in [-0.4, -0.2) is 79.8 Å². The number of thioether (sulfide) groups is 1. The predicted molar refractivity (Wildman–Crippen MR) is 123 cm³/mol. The standard InChI is InChI=1S/C24H29N3O3S/c1-25-12-14-26(15-13-25)16-17-27-20-10-6-7-11-21(20)31-24(22(27)28,23(29)30-2)18-19-8-4-3-5-9-19/h3-11H,12-18H2,1-2H3. The summed E-state index contributed by atoms with van der Waals surface area (Å²) in [6, 6.07) is 17.5. The molecule has 4 rings (SSSR count). The van der Waals surface area contributed by atoms with E-state index in [2.05, 4.69) is 16.8 Å². The molecule has 2 aliphatic heterocycles. The molecule has 0 N–H and O–H groups in total. The fraction of sp³-hybridized carbons (Fsp3) is 0.417. The summed E-state index contributed by atoms with van der Waals surface area (Å²) >= 11 is 1.32. The summed E-state index contributed by atoms with van der Waals surface area (Å²) in [5.41, 5.74) is 1.81. The topological polar surface area (TPSA) is 53.1 Å². The summed E-state index contributed by atoms with van der Waals surface area (Å²) in [7, 11) is 3.49. The van der Waals surface area contributed by atoms with Gasteiger partial charge in [-0.05, 0) is 24.7 Å². The molecule has 2 aromatic carbocycles. The fourth-order valence-electron chi connectivity index (χ4n) is 4.22. The number of esters is 1. The molecule has 7 heteroatoms. The number of amides is 1. The Kier molecular flexibility index (Phi) is 6.65. The van der Waals surface area contributed by atoms with E-state index in [1.165, 1.54) is 18.9 Å². The van der Waals surface area contributed by atoms with Crippen LogP contribution in [0, 0.1) is 0 Å². The second-order valence-electron chi connectivity index (χ2n) is 8.15. The van der Waals surface area contributed by atoms with E-state index in [-0.39, 0.29) is 5.91 Å². The molecule has 31 heavy (non-hydrogen) atoms. The van der Waals surface area contributed by atoms with Gasteiger partial charge in [-0.3, -0.25) is 9.69 Å². The number of para-hydroxylation sites is 1. The third kappa shape index (κ3) is 4.49. The van der Waals surface area contributed by atoms with Gasteiger partial charge < -0.3 is 14.5 Å². The minimum Gasteiger partial charge on any atom is -0.468 e. The molecular formula is C24H29N3O3S. The number of ether oxygens (including phenoxy) is 1. The summed E-state index contributed by atoms with van der Waals surface area (Å²) in [5.74, 6) is -0.688. The van der Waals surface area contributed by atoms with Crippen molar-refractivity contribution in [2.45, 2.75) is 16.1 Å². The molecule has 1 amide bonds. The molecule has 6 nitrogen and oxygen atoms in total. The minimum atomic E-state index is -1.33. The quantitative estimate of drug-likeness (QED) is 0.509. The number of hydrogen-bond acceptors (Lipinski definition) is 6. The number of anilines is 1. The summed E-state index contributed by atoms with van der Waals surface area (Å²) < 4.78 is 3.86. The number of hydrogen-bond donors (Lipinski definition) is 0. The second-order valence-corrected chi connectivity index (χ2v) is 9.49. The van der Waals surface area contributed by atoms with Crippen molar-refractivity contribution >= 4 is 29.3 Å². The fourth-order valence-corrected chi connectivity index (χ4v) is 5.63. The Bertz CT molecular complexity index is 931. The maximum absolute atomic E-state index is 13.9. The van der Waals surface area contributed by atoms with Gasteiger partial charge in [-0.2, -0.15) is 0 Å². The zero-order valence-electron chi connectivity index (χ0n) is 18.1. The van der Waals surface area contributed by atoms with Crippen LogP contribution in [0.1, 0.15) is 5.56 Å². The molecule has 1 unspecified atom stereocenters. The number of carbonyl (C=O) groups excluding carboxylic acids is 2. The number of carbonyl (C=O) groups is 2. The highest BCUT2D eigenvalue weighted by molar-refractivity contribution is 8.02. The SMILES string of the molecule is COC(=O)C1(Cc2ccccc2)Sc2ccccc2N(CCN2CCN(C)CC2)C1=O.